The molecule has 1 rings (SSSR count). The average Bonchev–Trinajstić information content (AvgIpc) is 2.29. The lowest BCUT2D eigenvalue weighted by molar-refractivity contribution is 0.446. The van der Waals surface area contributed by atoms with Crippen LogP contribution in [0.5, 0.6) is 0 Å². The van der Waals surface area contributed by atoms with Gasteiger partial charge in [-0.25, -0.2) is 4.39 Å². The molecule has 1 aromatic heterocycles. The van der Waals surface area contributed by atoms with E-state index in [2.05, 4.69) is 10.2 Å². The highest BCUT2D eigenvalue weighted by Crippen LogP contribution is 2.19. The Balaban J connectivity index is 3.11. The third kappa shape index (κ3) is 1.47. The molecule has 0 aliphatic rings. The quantitative estimate of drug-likeness (QED) is 0.642. The van der Waals surface area contributed by atoms with Gasteiger partial charge in [0, 0.05) is 12.5 Å². The van der Waals surface area contributed by atoms with Crippen molar-refractivity contribution in [3.8, 4) is 0 Å². The van der Waals surface area contributed by atoms with Crippen molar-refractivity contribution in [2.75, 3.05) is 0 Å². The molecule has 0 aliphatic heterocycles. The first-order valence-corrected chi connectivity index (χ1v) is 3.91. The smallest absolute Gasteiger partial charge is 0.164 e. The van der Waals surface area contributed by atoms with E-state index in [-0.39, 0.29) is 5.41 Å². The van der Waals surface area contributed by atoms with Gasteiger partial charge in [0.1, 0.15) is 12.5 Å². The maximum atomic E-state index is 12.3. The molecule has 0 saturated carbocycles. The zero-order chi connectivity index (χ0) is 9.35. The van der Waals surface area contributed by atoms with Crippen molar-refractivity contribution in [1.82, 2.24) is 14.8 Å². The molecule has 0 fully saturated rings. The highest BCUT2D eigenvalue weighted by Gasteiger charge is 2.21. The fourth-order valence-electron chi connectivity index (χ4n) is 1.13. The van der Waals surface area contributed by atoms with Crippen molar-refractivity contribution in [1.29, 1.82) is 0 Å². The third-order valence-electron chi connectivity index (χ3n) is 1.76. The first-order valence-electron chi connectivity index (χ1n) is 3.91. The van der Waals surface area contributed by atoms with E-state index >= 15 is 0 Å². The molecule has 0 aliphatic carbocycles. The molecule has 0 unspecified atom stereocenters. The fourth-order valence-corrected chi connectivity index (χ4v) is 1.13. The van der Waals surface area contributed by atoms with E-state index in [0.29, 0.717) is 5.82 Å². The molecule has 3 nitrogen and oxygen atoms in total. The summed E-state index contributed by atoms with van der Waals surface area (Å²) >= 11 is 0. The molecule has 0 radical (unpaired) electrons. The van der Waals surface area contributed by atoms with E-state index in [0.717, 1.165) is 5.82 Å². The summed E-state index contributed by atoms with van der Waals surface area (Å²) in [7, 11) is 1.79. The molecule has 68 valence electrons. The second-order valence-electron chi connectivity index (χ2n) is 3.88. The van der Waals surface area contributed by atoms with Crippen LogP contribution in [0.2, 0.25) is 0 Å². The number of aromatic nitrogens is 3. The summed E-state index contributed by atoms with van der Waals surface area (Å²) in [5.41, 5.74) is -0.0742. The van der Waals surface area contributed by atoms with Crippen molar-refractivity contribution in [3.05, 3.63) is 11.6 Å². The molecule has 1 heterocycles. The topological polar surface area (TPSA) is 30.7 Å². The SMILES string of the molecule is Cn1c(CF)nnc1C(C)(C)C. The normalized spacial score (nSPS) is 12.1. The van der Waals surface area contributed by atoms with Gasteiger partial charge in [-0.05, 0) is 0 Å². The van der Waals surface area contributed by atoms with Gasteiger partial charge in [-0.1, -0.05) is 20.8 Å². The standard InChI is InChI=1S/C8H14FN3/c1-8(2,3)7-11-10-6(5-9)12(7)4/h5H2,1-4H3. The van der Waals surface area contributed by atoms with Crippen LogP contribution in [-0.2, 0) is 19.1 Å². The van der Waals surface area contributed by atoms with Crippen LogP contribution in [0, 0.1) is 0 Å². The van der Waals surface area contributed by atoms with Crippen LogP contribution in [-0.4, -0.2) is 14.8 Å². The lowest BCUT2D eigenvalue weighted by Crippen LogP contribution is -2.18. The Labute approximate surface area is 71.6 Å². The first kappa shape index (κ1) is 9.16. The van der Waals surface area contributed by atoms with Crippen molar-refractivity contribution < 1.29 is 4.39 Å². The molecule has 0 saturated heterocycles. The molecule has 0 aromatic carbocycles. The molecular weight excluding hydrogens is 157 g/mol. The van der Waals surface area contributed by atoms with Crippen molar-refractivity contribution >= 4 is 0 Å². The summed E-state index contributed by atoms with van der Waals surface area (Å²) in [6, 6.07) is 0. The molecule has 1 aromatic rings. The zero-order valence-corrected chi connectivity index (χ0v) is 7.93. The minimum atomic E-state index is -0.556. The first-order chi connectivity index (χ1) is 5.46. The molecule has 0 atom stereocenters. The molecular formula is C8H14FN3. The van der Waals surface area contributed by atoms with Crippen molar-refractivity contribution in [2.45, 2.75) is 32.9 Å². The minimum Gasteiger partial charge on any atom is -0.315 e. The van der Waals surface area contributed by atoms with Crippen LogP contribution in [0.15, 0.2) is 0 Å². The summed E-state index contributed by atoms with van der Waals surface area (Å²) in [4.78, 5) is 0. The van der Waals surface area contributed by atoms with Gasteiger partial charge in [-0.3, -0.25) is 0 Å². The van der Waals surface area contributed by atoms with Crippen LogP contribution in [0.3, 0.4) is 0 Å². The van der Waals surface area contributed by atoms with Gasteiger partial charge in [0.15, 0.2) is 5.82 Å². The van der Waals surface area contributed by atoms with Gasteiger partial charge in [-0.15, -0.1) is 10.2 Å². The fraction of sp³-hybridized carbons (Fsp3) is 0.750. The van der Waals surface area contributed by atoms with Crippen LogP contribution in [0.4, 0.5) is 4.39 Å². The van der Waals surface area contributed by atoms with Gasteiger partial charge in [0.2, 0.25) is 0 Å². The third-order valence-corrected chi connectivity index (χ3v) is 1.76. The van der Waals surface area contributed by atoms with Crippen LogP contribution < -0.4 is 0 Å². The predicted molar refractivity (Wildman–Crippen MR) is 44.5 cm³/mol. The van der Waals surface area contributed by atoms with Crippen LogP contribution in [0.25, 0.3) is 0 Å². The second kappa shape index (κ2) is 2.84. The Morgan fingerprint density at radius 1 is 1.33 bits per heavy atom. The lowest BCUT2D eigenvalue weighted by atomic mass is 9.96. The number of rotatable bonds is 1. The van der Waals surface area contributed by atoms with E-state index in [1.807, 2.05) is 20.8 Å². The molecule has 12 heavy (non-hydrogen) atoms. The summed E-state index contributed by atoms with van der Waals surface area (Å²) in [6.07, 6.45) is 0. The maximum Gasteiger partial charge on any atom is 0.164 e. The minimum absolute atomic E-state index is 0.0742. The van der Waals surface area contributed by atoms with E-state index in [9.17, 15) is 4.39 Å². The number of halogens is 1. The van der Waals surface area contributed by atoms with E-state index in [4.69, 9.17) is 0 Å². The second-order valence-corrected chi connectivity index (χ2v) is 3.88. The van der Waals surface area contributed by atoms with Crippen molar-refractivity contribution in [3.63, 3.8) is 0 Å². The molecule has 0 N–H and O–H groups in total. The zero-order valence-electron chi connectivity index (χ0n) is 7.93. The van der Waals surface area contributed by atoms with E-state index < -0.39 is 6.67 Å². The number of nitrogens with zero attached hydrogens (tertiary/aromatic N) is 3. The Bertz CT molecular complexity index is 272. The summed E-state index contributed by atoms with van der Waals surface area (Å²) in [5, 5.41) is 7.67. The van der Waals surface area contributed by atoms with Gasteiger partial charge in [-0.2, -0.15) is 0 Å². The Kier molecular flexibility index (Phi) is 2.17. The van der Waals surface area contributed by atoms with Gasteiger partial charge in [0.25, 0.3) is 0 Å². The summed E-state index contributed by atoms with van der Waals surface area (Å²) in [6.45, 7) is 5.52. The maximum absolute atomic E-state index is 12.3. The Hall–Kier alpha value is -0.930. The number of hydrogen-bond acceptors (Lipinski definition) is 2. The van der Waals surface area contributed by atoms with Crippen LogP contribution in [0.1, 0.15) is 32.4 Å². The average molecular weight is 171 g/mol. The van der Waals surface area contributed by atoms with Gasteiger partial charge < -0.3 is 4.57 Å². The molecule has 0 bridgehead atoms. The molecule has 0 spiro atoms. The molecule has 0 amide bonds. The molecule has 4 heteroatoms. The van der Waals surface area contributed by atoms with Crippen LogP contribution >= 0.6 is 0 Å². The number of alkyl halides is 1. The predicted octanol–water partition coefficient (Wildman–Crippen LogP) is 1.58. The van der Waals surface area contributed by atoms with E-state index in [1.54, 1.807) is 11.6 Å². The lowest BCUT2D eigenvalue weighted by Gasteiger charge is -2.16. The van der Waals surface area contributed by atoms with Crippen molar-refractivity contribution in [2.24, 2.45) is 7.05 Å². The summed E-state index contributed by atoms with van der Waals surface area (Å²) in [5.74, 6) is 1.20. The highest BCUT2D eigenvalue weighted by molar-refractivity contribution is 5.04. The van der Waals surface area contributed by atoms with E-state index in [1.165, 1.54) is 0 Å². The largest absolute Gasteiger partial charge is 0.315 e. The number of hydrogen-bond donors (Lipinski definition) is 0. The Morgan fingerprint density at radius 3 is 2.17 bits per heavy atom. The highest BCUT2D eigenvalue weighted by atomic mass is 19.1. The monoisotopic (exact) mass is 171 g/mol. The summed E-state index contributed by atoms with van der Waals surface area (Å²) < 4.78 is 14.0. The Morgan fingerprint density at radius 2 is 1.92 bits per heavy atom. The van der Waals surface area contributed by atoms with Gasteiger partial charge in [0.05, 0.1) is 0 Å². The van der Waals surface area contributed by atoms with Gasteiger partial charge >= 0.3 is 0 Å².